The standard InChI is InChI=1S/C6H4FNO2/c7-5-2-1-4(8-10)3-6(5)9/h1-3,9H/p+1. The lowest BCUT2D eigenvalue weighted by atomic mass is 10.3. The van der Waals surface area contributed by atoms with Crippen molar-refractivity contribution in [3.8, 4) is 5.75 Å². The summed E-state index contributed by atoms with van der Waals surface area (Å²) in [4.78, 5) is 9.91. The van der Waals surface area contributed by atoms with Gasteiger partial charge in [0.1, 0.15) is 0 Å². The number of halogens is 1. The molecule has 1 aromatic rings. The Hall–Kier alpha value is -1.45. The Morgan fingerprint density at radius 3 is 2.70 bits per heavy atom. The molecule has 2 N–H and O–H groups in total. The van der Waals surface area contributed by atoms with E-state index in [0.717, 1.165) is 12.1 Å². The van der Waals surface area contributed by atoms with Gasteiger partial charge in [-0.1, -0.05) is 0 Å². The monoisotopic (exact) mass is 142 g/mol. The normalized spacial score (nSPS) is 9.30. The third kappa shape index (κ3) is 1.10. The van der Waals surface area contributed by atoms with Gasteiger partial charge in [0.2, 0.25) is 0 Å². The van der Waals surface area contributed by atoms with E-state index in [2.05, 4.69) is 0 Å². The second kappa shape index (κ2) is 2.43. The zero-order chi connectivity index (χ0) is 7.56. The van der Waals surface area contributed by atoms with Gasteiger partial charge in [-0.05, 0) is 6.07 Å². The van der Waals surface area contributed by atoms with Crippen LogP contribution >= 0.6 is 0 Å². The van der Waals surface area contributed by atoms with Crippen LogP contribution in [-0.2, 0) is 0 Å². The number of aromatic hydroxyl groups is 1. The summed E-state index contributed by atoms with van der Waals surface area (Å²) in [5.74, 6) is -1.26. The summed E-state index contributed by atoms with van der Waals surface area (Å²) >= 11 is 0. The van der Waals surface area contributed by atoms with Gasteiger partial charge in [-0.3, -0.25) is 0 Å². The fourth-order valence-electron chi connectivity index (χ4n) is 0.576. The molecule has 0 saturated carbocycles. The van der Waals surface area contributed by atoms with Gasteiger partial charge in [-0.25, -0.2) is 4.39 Å². The predicted molar refractivity (Wildman–Crippen MR) is 32.1 cm³/mol. The highest BCUT2D eigenvalue weighted by atomic mass is 19.1. The molecule has 0 fully saturated rings. The number of phenolic OH excluding ortho intramolecular Hbond substituents is 1. The van der Waals surface area contributed by atoms with Crippen LogP contribution in [0.5, 0.6) is 5.75 Å². The largest absolute Gasteiger partial charge is 0.505 e. The molecule has 0 aliphatic rings. The number of nitrogens with one attached hydrogen (secondary N) is 1. The van der Waals surface area contributed by atoms with E-state index in [9.17, 15) is 9.30 Å². The molecule has 0 aliphatic heterocycles. The molecule has 0 heterocycles. The Morgan fingerprint density at radius 2 is 2.20 bits per heavy atom. The average Bonchev–Trinajstić information content (AvgIpc) is 1.95. The first-order valence-corrected chi connectivity index (χ1v) is 2.60. The van der Waals surface area contributed by atoms with Crippen LogP contribution in [0.2, 0.25) is 0 Å². The number of hydrogen-bond donors (Lipinski definition) is 2. The Labute approximate surface area is 56.1 Å². The Morgan fingerprint density at radius 1 is 1.50 bits per heavy atom. The van der Waals surface area contributed by atoms with Crippen LogP contribution in [0, 0.1) is 10.7 Å². The zero-order valence-electron chi connectivity index (χ0n) is 4.97. The van der Waals surface area contributed by atoms with E-state index in [4.69, 9.17) is 5.11 Å². The van der Waals surface area contributed by atoms with Gasteiger partial charge in [0, 0.05) is 16.2 Å². The van der Waals surface area contributed by atoms with E-state index in [1.54, 1.807) is 0 Å². The Balaban J connectivity index is 3.16. The number of rotatable bonds is 1. The minimum absolute atomic E-state index is 0.138. The highest BCUT2D eigenvalue weighted by Gasteiger charge is 2.03. The van der Waals surface area contributed by atoms with Crippen LogP contribution < -0.4 is 5.18 Å². The third-order valence-electron chi connectivity index (χ3n) is 1.06. The molecule has 0 aliphatic carbocycles. The van der Waals surface area contributed by atoms with E-state index in [0.29, 0.717) is 0 Å². The molecule has 0 aromatic heterocycles. The van der Waals surface area contributed by atoms with Gasteiger partial charge in [0.05, 0.1) is 6.07 Å². The van der Waals surface area contributed by atoms with Crippen molar-refractivity contribution in [1.29, 1.82) is 0 Å². The lowest BCUT2D eigenvalue weighted by Gasteiger charge is -1.89. The van der Waals surface area contributed by atoms with Crippen molar-refractivity contribution in [3.05, 3.63) is 28.9 Å². The Kier molecular flexibility index (Phi) is 1.62. The maximum Gasteiger partial charge on any atom is 0.257 e. The molecule has 3 nitrogen and oxygen atoms in total. The molecule has 0 amide bonds. The molecular weight excluding hydrogens is 137 g/mol. The van der Waals surface area contributed by atoms with Crippen molar-refractivity contribution in [3.63, 3.8) is 0 Å². The van der Waals surface area contributed by atoms with E-state index in [-0.39, 0.29) is 5.69 Å². The number of nitroso groups, excluding NO2 is 1. The third-order valence-corrected chi connectivity index (χ3v) is 1.06. The van der Waals surface area contributed by atoms with Gasteiger partial charge in [-0.15, -0.1) is 0 Å². The van der Waals surface area contributed by atoms with Crippen molar-refractivity contribution in [1.82, 2.24) is 0 Å². The predicted octanol–water partition coefficient (Wildman–Crippen LogP) is 0.00980. The van der Waals surface area contributed by atoms with Crippen molar-refractivity contribution in [2.24, 2.45) is 0 Å². The summed E-state index contributed by atoms with van der Waals surface area (Å²) in [5.41, 5.74) is 0.138. The number of benzene rings is 1. The SMILES string of the molecule is O=[NH+]c1ccc(F)c(O)c1. The lowest BCUT2D eigenvalue weighted by Crippen LogP contribution is -2.55. The van der Waals surface area contributed by atoms with Gasteiger partial charge < -0.3 is 5.11 Å². The summed E-state index contributed by atoms with van der Waals surface area (Å²) in [6.45, 7) is 0. The van der Waals surface area contributed by atoms with E-state index in [1.807, 2.05) is 0 Å². The highest BCUT2D eigenvalue weighted by Crippen LogP contribution is 2.16. The van der Waals surface area contributed by atoms with Gasteiger partial charge in [0.25, 0.3) is 5.69 Å². The van der Waals surface area contributed by atoms with Crippen LogP contribution in [0.25, 0.3) is 0 Å². The molecule has 0 bridgehead atoms. The fourth-order valence-corrected chi connectivity index (χ4v) is 0.576. The second-order valence-electron chi connectivity index (χ2n) is 1.77. The minimum atomic E-state index is -0.737. The first kappa shape index (κ1) is 6.67. The van der Waals surface area contributed by atoms with Crippen LogP contribution in [-0.4, -0.2) is 5.11 Å². The molecular formula is C6H5FNO2+. The average molecular weight is 142 g/mol. The molecule has 0 atom stereocenters. The highest BCUT2D eigenvalue weighted by molar-refractivity contribution is 5.36. The van der Waals surface area contributed by atoms with Crippen LogP contribution in [0.1, 0.15) is 0 Å². The molecule has 1 aromatic carbocycles. The molecule has 4 heteroatoms. The summed E-state index contributed by atoms with van der Waals surface area (Å²) in [6.07, 6.45) is 0. The van der Waals surface area contributed by atoms with Gasteiger partial charge >= 0.3 is 0 Å². The van der Waals surface area contributed by atoms with Gasteiger partial charge in [0.15, 0.2) is 11.6 Å². The molecule has 1 rings (SSSR count). The topological polar surface area (TPSA) is 51.3 Å². The molecule has 0 unspecified atom stereocenters. The smallest absolute Gasteiger partial charge is 0.257 e. The summed E-state index contributed by atoms with van der Waals surface area (Å²) in [7, 11) is 0. The molecule has 52 valence electrons. The van der Waals surface area contributed by atoms with Crippen molar-refractivity contribution >= 4 is 5.69 Å². The number of hydrogen-bond acceptors (Lipinski definition) is 2. The summed E-state index contributed by atoms with van der Waals surface area (Å²) < 4.78 is 12.3. The summed E-state index contributed by atoms with van der Waals surface area (Å²) in [6, 6.07) is 3.26. The van der Waals surface area contributed by atoms with Crippen molar-refractivity contribution in [2.75, 3.05) is 0 Å². The first-order valence-electron chi connectivity index (χ1n) is 2.60. The molecule has 0 saturated heterocycles. The Bertz CT molecular complexity index is 262. The zero-order valence-corrected chi connectivity index (χ0v) is 4.97. The summed E-state index contributed by atoms with van der Waals surface area (Å²) in [5, 5.41) is 10.2. The van der Waals surface area contributed by atoms with E-state index in [1.165, 1.54) is 11.2 Å². The van der Waals surface area contributed by atoms with Crippen LogP contribution in [0.3, 0.4) is 0 Å². The minimum Gasteiger partial charge on any atom is -0.505 e. The van der Waals surface area contributed by atoms with Crippen molar-refractivity contribution in [2.45, 2.75) is 0 Å². The molecule has 10 heavy (non-hydrogen) atoms. The molecule has 0 spiro atoms. The molecule has 0 radical (unpaired) electrons. The number of phenols is 1. The van der Waals surface area contributed by atoms with Gasteiger partial charge in [-0.2, -0.15) is 0 Å². The maximum atomic E-state index is 12.3. The van der Waals surface area contributed by atoms with E-state index >= 15 is 0 Å². The maximum absolute atomic E-state index is 12.3. The fraction of sp³-hybridized carbons (Fsp3) is 0. The van der Waals surface area contributed by atoms with Crippen LogP contribution in [0.15, 0.2) is 18.2 Å². The lowest BCUT2D eigenvalue weighted by molar-refractivity contribution is -0.379. The first-order chi connectivity index (χ1) is 4.74. The van der Waals surface area contributed by atoms with Crippen LogP contribution in [0.4, 0.5) is 10.1 Å². The van der Waals surface area contributed by atoms with Crippen molar-refractivity contribution < 1.29 is 14.7 Å². The second-order valence-corrected chi connectivity index (χ2v) is 1.77. The quantitative estimate of drug-likeness (QED) is 0.580. The van der Waals surface area contributed by atoms with E-state index < -0.39 is 11.6 Å².